The molecule has 0 fully saturated rings. The first-order chi connectivity index (χ1) is 14.5. The van der Waals surface area contributed by atoms with Gasteiger partial charge in [0.1, 0.15) is 18.2 Å². The maximum atomic E-state index is 11.4. The Labute approximate surface area is 182 Å². The standard InChI is InChI=1S/C23H17ClN2O3S/c24-17-8-6-14(7-9-17)4-5-15-2-1-3-18(10-15)29-12-16-13-30-21-19(23(27)28)11-26-22(25)20(16)21/h1-11,13H,12H2,(H2,25,26)(H,27,28). The van der Waals surface area contributed by atoms with Crippen LogP contribution in [0.5, 0.6) is 5.75 Å². The molecule has 0 aliphatic carbocycles. The highest BCUT2D eigenvalue weighted by molar-refractivity contribution is 7.17. The number of anilines is 1. The highest BCUT2D eigenvalue weighted by atomic mass is 35.5. The van der Waals surface area contributed by atoms with Crippen LogP contribution in [0.1, 0.15) is 27.0 Å². The van der Waals surface area contributed by atoms with Gasteiger partial charge in [-0.25, -0.2) is 9.78 Å². The number of thiophene rings is 1. The Bertz CT molecular complexity index is 1250. The normalized spacial score (nSPS) is 11.2. The number of ether oxygens (including phenoxy) is 1. The van der Waals surface area contributed by atoms with Crippen LogP contribution in [0.3, 0.4) is 0 Å². The van der Waals surface area contributed by atoms with Gasteiger partial charge < -0.3 is 15.6 Å². The monoisotopic (exact) mass is 436 g/mol. The van der Waals surface area contributed by atoms with Crippen LogP contribution in [0.2, 0.25) is 5.02 Å². The fourth-order valence-electron chi connectivity index (χ4n) is 3.02. The minimum atomic E-state index is -1.03. The summed E-state index contributed by atoms with van der Waals surface area (Å²) in [5, 5.41) is 12.6. The average molecular weight is 437 g/mol. The number of halogens is 1. The molecule has 150 valence electrons. The van der Waals surface area contributed by atoms with Crippen molar-refractivity contribution in [1.82, 2.24) is 4.98 Å². The van der Waals surface area contributed by atoms with Gasteiger partial charge in [0.25, 0.3) is 0 Å². The van der Waals surface area contributed by atoms with Crippen LogP contribution >= 0.6 is 22.9 Å². The summed E-state index contributed by atoms with van der Waals surface area (Å²) in [6.45, 7) is 0.263. The van der Waals surface area contributed by atoms with Gasteiger partial charge >= 0.3 is 5.97 Å². The van der Waals surface area contributed by atoms with E-state index in [9.17, 15) is 9.90 Å². The van der Waals surface area contributed by atoms with E-state index in [-0.39, 0.29) is 12.2 Å². The Morgan fingerprint density at radius 1 is 1.17 bits per heavy atom. The summed E-state index contributed by atoms with van der Waals surface area (Å²) in [6.07, 6.45) is 5.29. The Hall–Kier alpha value is -3.35. The van der Waals surface area contributed by atoms with Gasteiger partial charge in [-0.2, -0.15) is 0 Å². The van der Waals surface area contributed by atoms with Crippen molar-refractivity contribution in [1.29, 1.82) is 0 Å². The van der Waals surface area contributed by atoms with E-state index in [1.165, 1.54) is 17.5 Å². The molecule has 2 aromatic heterocycles. The van der Waals surface area contributed by atoms with Crippen molar-refractivity contribution >= 4 is 57.0 Å². The van der Waals surface area contributed by atoms with Crippen LogP contribution in [-0.4, -0.2) is 16.1 Å². The van der Waals surface area contributed by atoms with Crippen LogP contribution in [0.15, 0.2) is 60.1 Å². The van der Waals surface area contributed by atoms with Crippen molar-refractivity contribution in [3.63, 3.8) is 0 Å². The Morgan fingerprint density at radius 2 is 1.93 bits per heavy atom. The summed E-state index contributed by atoms with van der Waals surface area (Å²) in [7, 11) is 0. The first-order valence-corrected chi connectivity index (χ1v) is 10.3. The topological polar surface area (TPSA) is 85.4 Å². The second-order valence-electron chi connectivity index (χ2n) is 6.57. The van der Waals surface area contributed by atoms with E-state index in [2.05, 4.69) is 4.98 Å². The van der Waals surface area contributed by atoms with E-state index in [0.717, 1.165) is 16.7 Å². The number of fused-ring (bicyclic) bond motifs is 1. The molecule has 0 aliphatic rings. The number of nitrogen functional groups attached to an aromatic ring is 1. The lowest BCUT2D eigenvalue weighted by molar-refractivity contribution is 0.0699. The zero-order chi connectivity index (χ0) is 21.1. The van der Waals surface area contributed by atoms with E-state index in [0.29, 0.717) is 26.7 Å². The van der Waals surface area contributed by atoms with Gasteiger partial charge in [0.2, 0.25) is 0 Å². The number of nitrogens with two attached hydrogens (primary N) is 1. The van der Waals surface area contributed by atoms with Crippen molar-refractivity contribution in [3.05, 3.63) is 87.4 Å². The summed E-state index contributed by atoms with van der Waals surface area (Å²) in [6, 6.07) is 15.3. The fraction of sp³-hybridized carbons (Fsp3) is 0.0435. The van der Waals surface area contributed by atoms with Crippen LogP contribution < -0.4 is 10.5 Å². The predicted molar refractivity (Wildman–Crippen MR) is 122 cm³/mol. The second kappa shape index (κ2) is 8.57. The van der Waals surface area contributed by atoms with Gasteiger partial charge in [-0.05, 0) is 40.8 Å². The first kappa shape index (κ1) is 19.9. The Morgan fingerprint density at radius 3 is 2.70 bits per heavy atom. The number of rotatable bonds is 6. The third-order valence-corrected chi connectivity index (χ3v) is 5.84. The number of aromatic carboxylic acids is 1. The molecule has 2 heterocycles. The van der Waals surface area contributed by atoms with Crippen LogP contribution in [-0.2, 0) is 6.61 Å². The molecular weight excluding hydrogens is 420 g/mol. The van der Waals surface area contributed by atoms with Gasteiger partial charge in [0, 0.05) is 22.2 Å². The molecular formula is C23H17ClN2O3S. The number of carbonyl (C=O) groups is 1. The third-order valence-electron chi connectivity index (χ3n) is 4.52. The first-order valence-electron chi connectivity index (χ1n) is 9.05. The number of carboxylic acid groups (broad SMARTS) is 1. The molecule has 30 heavy (non-hydrogen) atoms. The van der Waals surface area contributed by atoms with Crippen LogP contribution in [0.25, 0.3) is 22.2 Å². The van der Waals surface area contributed by atoms with Gasteiger partial charge in [-0.3, -0.25) is 0 Å². The molecule has 0 spiro atoms. The molecule has 0 saturated heterocycles. The SMILES string of the molecule is Nc1ncc(C(=O)O)c2scc(COc3cccc(C=Cc4ccc(Cl)cc4)c3)c12. The number of nitrogens with zero attached hydrogens (tertiary/aromatic N) is 1. The lowest BCUT2D eigenvalue weighted by Gasteiger charge is -2.07. The molecule has 4 rings (SSSR count). The number of hydrogen-bond acceptors (Lipinski definition) is 5. The zero-order valence-corrected chi connectivity index (χ0v) is 17.3. The molecule has 4 aromatic rings. The van der Waals surface area contributed by atoms with E-state index in [1.54, 1.807) is 0 Å². The third kappa shape index (κ3) is 4.30. The summed E-state index contributed by atoms with van der Waals surface area (Å²) in [4.78, 5) is 15.4. The highest BCUT2D eigenvalue weighted by Gasteiger charge is 2.16. The molecule has 0 saturated carbocycles. The predicted octanol–water partition coefficient (Wildman–Crippen LogP) is 5.98. The van der Waals surface area contributed by atoms with Crippen molar-refractivity contribution < 1.29 is 14.6 Å². The maximum absolute atomic E-state index is 11.4. The molecule has 2 aromatic carbocycles. The van der Waals surface area contributed by atoms with Crippen molar-refractivity contribution in [2.75, 3.05) is 5.73 Å². The van der Waals surface area contributed by atoms with Crippen molar-refractivity contribution in [2.45, 2.75) is 6.61 Å². The number of hydrogen-bond donors (Lipinski definition) is 2. The highest BCUT2D eigenvalue weighted by Crippen LogP contribution is 2.33. The minimum Gasteiger partial charge on any atom is -0.489 e. The van der Waals surface area contributed by atoms with Crippen LogP contribution in [0, 0.1) is 0 Å². The molecule has 0 bridgehead atoms. The van der Waals surface area contributed by atoms with Gasteiger partial charge in [-0.15, -0.1) is 11.3 Å². The Balaban J connectivity index is 1.52. The smallest absolute Gasteiger partial charge is 0.338 e. The molecule has 0 amide bonds. The maximum Gasteiger partial charge on any atom is 0.338 e. The van der Waals surface area contributed by atoms with Gasteiger partial charge in [0.05, 0.1) is 10.3 Å². The molecule has 7 heteroatoms. The lowest BCUT2D eigenvalue weighted by Crippen LogP contribution is -2.02. The molecule has 0 radical (unpaired) electrons. The minimum absolute atomic E-state index is 0.143. The van der Waals surface area contributed by atoms with E-state index >= 15 is 0 Å². The molecule has 0 unspecified atom stereocenters. The van der Waals surface area contributed by atoms with Crippen molar-refractivity contribution in [3.8, 4) is 5.75 Å². The lowest BCUT2D eigenvalue weighted by atomic mass is 10.1. The molecule has 3 N–H and O–H groups in total. The molecule has 5 nitrogen and oxygen atoms in total. The zero-order valence-electron chi connectivity index (χ0n) is 15.7. The molecule has 0 aliphatic heterocycles. The van der Waals surface area contributed by atoms with Gasteiger partial charge in [0.15, 0.2) is 0 Å². The summed E-state index contributed by atoms with van der Waals surface area (Å²) < 4.78 is 6.55. The van der Waals surface area contributed by atoms with E-state index < -0.39 is 5.97 Å². The Kier molecular flexibility index (Phi) is 5.70. The van der Waals surface area contributed by atoms with E-state index in [1.807, 2.05) is 66.1 Å². The summed E-state index contributed by atoms with van der Waals surface area (Å²) in [5.41, 5.74) is 8.99. The number of benzene rings is 2. The largest absolute Gasteiger partial charge is 0.489 e. The number of carboxylic acids is 1. The van der Waals surface area contributed by atoms with Crippen LogP contribution in [0.4, 0.5) is 5.82 Å². The summed E-state index contributed by atoms with van der Waals surface area (Å²) >= 11 is 7.24. The average Bonchev–Trinajstić information content (AvgIpc) is 3.17. The second-order valence-corrected chi connectivity index (χ2v) is 7.89. The fourth-order valence-corrected chi connectivity index (χ4v) is 4.22. The summed E-state index contributed by atoms with van der Waals surface area (Å²) in [5.74, 6) is -0.0231. The quantitative estimate of drug-likeness (QED) is 0.363. The molecule has 0 atom stereocenters. The number of aromatic nitrogens is 1. The van der Waals surface area contributed by atoms with E-state index in [4.69, 9.17) is 22.1 Å². The number of pyridine rings is 1. The van der Waals surface area contributed by atoms with Crippen molar-refractivity contribution in [2.24, 2.45) is 0 Å². The van der Waals surface area contributed by atoms with Gasteiger partial charge in [-0.1, -0.05) is 48.0 Å².